The molecule has 1 aromatic rings. The van der Waals surface area contributed by atoms with Crippen LogP contribution in [0.25, 0.3) is 0 Å². The molecule has 0 spiro atoms. The molecule has 0 unspecified atom stereocenters. The number of hydrogen-bond donors (Lipinski definition) is 0. The minimum absolute atomic E-state index is 0.269. The lowest BCUT2D eigenvalue weighted by Gasteiger charge is -2.06. The Kier molecular flexibility index (Phi) is 5.62. The molecule has 0 atom stereocenters. The van der Waals surface area contributed by atoms with E-state index in [0.717, 1.165) is 30.8 Å². The maximum Gasteiger partial charge on any atom is 0.136 e. The quantitative estimate of drug-likeness (QED) is 0.658. The van der Waals surface area contributed by atoms with E-state index in [0.29, 0.717) is 12.8 Å². The van der Waals surface area contributed by atoms with Crippen molar-refractivity contribution in [3.8, 4) is 5.75 Å². The third-order valence-corrected chi connectivity index (χ3v) is 2.46. The Morgan fingerprint density at radius 2 is 2.12 bits per heavy atom. The van der Waals surface area contributed by atoms with Crippen LogP contribution in [0.1, 0.15) is 38.7 Å². The smallest absolute Gasteiger partial charge is 0.136 e. The number of unbranched alkanes of at least 4 members (excludes halogenated alkanes) is 1. The van der Waals surface area contributed by atoms with Crippen LogP contribution in [-0.2, 0) is 11.2 Å². The van der Waals surface area contributed by atoms with Crippen LogP contribution in [0.5, 0.6) is 5.75 Å². The zero-order chi connectivity index (χ0) is 11.8. The number of carbonyl (C=O) groups is 1. The third-order valence-electron chi connectivity index (χ3n) is 2.46. The second-order valence-corrected chi connectivity index (χ2v) is 3.92. The summed E-state index contributed by atoms with van der Waals surface area (Å²) in [5, 5.41) is 0. The van der Waals surface area contributed by atoms with Gasteiger partial charge in [-0.1, -0.05) is 32.4 Å². The van der Waals surface area contributed by atoms with Gasteiger partial charge in [-0.15, -0.1) is 0 Å². The van der Waals surface area contributed by atoms with Gasteiger partial charge in [0.2, 0.25) is 0 Å². The Bertz CT molecular complexity index is 331. The summed E-state index contributed by atoms with van der Waals surface area (Å²) in [4.78, 5) is 11.3. The number of Topliss-reactive ketones (excluding diaryl/α,β-unsaturated/α-hetero) is 1. The summed E-state index contributed by atoms with van der Waals surface area (Å²) >= 11 is 0. The molecule has 1 rings (SSSR count). The molecule has 0 aliphatic rings. The molecule has 88 valence electrons. The van der Waals surface area contributed by atoms with Crippen LogP contribution in [0.15, 0.2) is 24.3 Å². The van der Waals surface area contributed by atoms with E-state index >= 15 is 0 Å². The fourth-order valence-corrected chi connectivity index (χ4v) is 1.43. The van der Waals surface area contributed by atoms with Gasteiger partial charge in [0.1, 0.15) is 11.5 Å². The summed E-state index contributed by atoms with van der Waals surface area (Å²) < 4.78 is 5.59. The van der Waals surface area contributed by atoms with Gasteiger partial charge in [-0.3, -0.25) is 4.79 Å². The van der Waals surface area contributed by atoms with Crippen molar-refractivity contribution in [1.29, 1.82) is 0 Å². The number of ketones is 1. The lowest BCUT2D eigenvalue weighted by Crippen LogP contribution is -2.01. The topological polar surface area (TPSA) is 26.3 Å². The molecule has 0 bridgehead atoms. The first-order chi connectivity index (χ1) is 7.76. The molecule has 1 aromatic carbocycles. The third kappa shape index (κ3) is 4.47. The SMILES string of the molecule is CCCCOc1cccc(CC(=O)CC)c1. The summed E-state index contributed by atoms with van der Waals surface area (Å²) in [6.45, 7) is 4.78. The molecule has 16 heavy (non-hydrogen) atoms. The van der Waals surface area contributed by atoms with Crippen LogP contribution in [0.2, 0.25) is 0 Å². The van der Waals surface area contributed by atoms with Crippen molar-refractivity contribution in [2.45, 2.75) is 39.5 Å². The van der Waals surface area contributed by atoms with E-state index in [1.807, 2.05) is 31.2 Å². The van der Waals surface area contributed by atoms with Crippen molar-refractivity contribution in [2.75, 3.05) is 6.61 Å². The number of ether oxygens (including phenoxy) is 1. The highest BCUT2D eigenvalue weighted by Crippen LogP contribution is 2.14. The average molecular weight is 220 g/mol. The highest BCUT2D eigenvalue weighted by atomic mass is 16.5. The maximum atomic E-state index is 11.3. The van der Waals surface area contributed by atoms with Crippen LogP contribution in [0.4, 0.5) is 0 Å². The largest absolute Gasteiger partial charge is 0.494 e. The molecule has 2 nitrogen and oxygen atoms in total. The van der Waals surface area contributed by atoms with Crippen molar-refractivity contribution < 1.29 is 9.53 Å². The van der Waals surface area contributed by atoms with E-state index in [4.69, 9.17) is 4.74 Å². The number of benzene rings is 1. The number of carbonyl (C=O) groups excluding carboxylic acids is 1. The highest BCUT2D eigenvalue weighted by molar-refractivity contribution is 5.80. The molecule has 0 fully saturated rings. The molecule has 0 N–H and O–H groups in total. The second kappa shape index (κ2) is 7.04. The average Bonchev–Trinajstić information content (AvgIpc) is 2.30. The van der Waals surface area contributed by atoms with E-state index in [1.54, 1.807) is 0 Å². The van der Waals surface area contributed by atoms with Crippen molar-refractivity contribution >= 4 is 5.78 Å². The first-order valence-corrected chi connectivity index (χ1v) is 5.99. The van der Waals surface area contributed by atoms with Crippen molar-refractivity contribution in [3.05, 3.63) is 29.8 Å². The molecule has 0 radical (unpaired) electrons. The predicted octanol–water partition coefficient (Wildman–Crippen LogP) is 3.39. The van der Waals surface area contributed by atoms with Crippen LogP contribution in [0, 0.1) is 0 Å². The Balaban J connectivity index is 2.53. The predicted molar refractivity (Wildman–Crippen MR) is 65.8 cm³/mol. The van der Waals surface area contributed by atoms with Gasteiger partial charge in [-0.2, -0.15) is 0 Å². The summed E-state index contributed by atoms with van der Waals surface area (Å²) in [5.41, 5.74) is 1.04. The summed E-state index contributed by atoms with van der Waals surface area (Å²) in [5.74, 6) is 1.14. The normalized spacial score (nSPS) is 10.1. The minimum atomic E-state index is 0.269. The molecule has 2 heteroatoms. The van der Waals surface area contributed by atoms with Gasteiger partial charge in [0.05, 0.1) is 6.61 Å². The highest BCUT2D eigenvalue weighted by Gasteiger charge is 2.02. The zero-order valence-corrected chi connectivity index (χ0v) is 10.2. The summed E-state index contributed by atoms with van der Waals surface area (Å²) in [7, 11) is 0. The maximum absolute atomic E-state index is 11.3. The Hall–Kier alpha value is -1.31. The van der Waals surface area contributed by atoms with E-state index in [-0.39, 0.29) is 5.78 Å². The van der Waals surface area contributed by atoms with Gasteiger partial charge >= 0.3 is 0 Å². The van der Waals surface area contributed by atoms with E-state index in [2.05, 4.69) is 6.92 Å². The molecule has 0 aliphatic heterocycles. The van der Waals surface area contributed by atoms with Gasteiger partial charge < -0.3 is 4.74 Å². The van der Waals surface area contributed by atoms with Gasteiger partial charge in [0.15, 0.2) is 0 Å². The van der Waals surface area contributed by atoms with Crippen molar-refractivity contribution in [2.24, 2.45) is 0 Å². The van der Waals surface area contributed by atoms with Gasteiger partial charge in [0, 0.05) is 12.8 Å². The van der Waals surface area contributed by atoms with Gasteiger partial charge in [0.25, 0.3) is 0 Å². The molecule has 0 heterocycles. The number of hydrogen-bond acceptors (Lipinski definition) is 2. The summed E-state index contributed by atoms with van der Waals surface area (Å²) in [6.07, 6.45) is 3.31. The lowest BCUT2D eigenvalue weighted by atomic mass is 10.1. The van der Waals surface area contributed by atoms with E-state index < -0.39 is 0 Å². The molecular formula is C14H20O2. The Labute approximate surface area is 97.6 Å². The minimum Gasteiger partial charge on any atom is -0.494 e. The first kappa shape index (κ1) is 12.8. The molecule has 0 saturated carbocycles. The molecule has 0 saturated heterocycles. The zero-order valence-electron chi connectivity index (χ0n) is 10.2. The van der Waals surface area contributed by atoms with Crippen LogP contribution >= 0.6 is 0 Å². The van der Waals surface area contributed by atoms with Gasteiger partial charge in [-0.25, -0.2) is 0 Å². The fourth-order valence-electron chi connectivity index (χ4n) is 1.43. The van der Waals surface area contributed by atoms with Gasteiger partial charge in [-0.05, 0) is 24.1 Å². The lowest BCUT2D eigenvalue weighted by molar-refractivity contribution is -0.118. The van der Waals surface area contributed by atoms with Crippen LogP contribution in [0.3, 0.4) is 0 Å². The Morgan fingerprint density at radius 3 is 2.81 bits per heavy atom. The monoisotopic (exact) mass is 220 g/mol. The van der Waals surface area contributed by atoms with E-state index in [9.17, 15) is 4.79 Å². The van der Waals surface area contributed by atoms with Crippen molar-refractivity contribution in [1.82, 2.24) is 0 Å². The molecule has 0 aliphatic carbocycles. The van der Waals surface area contributed by atoms with Crippen LogP contribution < -0.4 is 4.74 Å². The molecule has 0 amide bonds. The summed E-state index contributed by atoms with van der Waals surface area (Å²) in [6, 6.07) is 7.82. The Morgan fingerprint density at radius 1 is 1.31 bits per heavy atom. The molecule has 0 aromatic heterocycles. The first-order valence-electron chi connectivity index (χ1n) is 5.99. The fraction of sp³-hybridized carbons (Fsp3) is 0.500. The van der Waals surface area contributed by atoms with E-state index in [1.165, 1.54) is 0 Å². The second-order valence-electron chi connectivity index (χ2n) is 3.92. The standard InChI is InChI=1S/C14H20O2/c1-3-5-9-16-14-8-6-7-12(11-14)10-13(15)4-2/h6-8,11H,3-5,9-10H2,1-2H3. The van der Waals surface area contributed by atoms with Crippen LogP contribution in [-0.4, -0.2) is 12.4 Å². The van der Waals surface area contributed by atoms with Crippen molar-refractivity contribution in [3.63, 3.8) is 0 Å². The number of rotatable bonds is 7. The molecular weight excluding hydrogens is 200 g/mol.